The van der Waals surface area contributed by atoms with Crippen molar-refractivity contribution in [2.24, 2.45) is 5.92 Å². The molecule has 1 rings (SSSR count). The van der Waals surface area contributed by atoms with Gasteiger partial charge in [-0.3, -0.25) is 4.79 Å². The molecule has 1 aromatic heterocycles. The molecule has 5 heteroatoms. The van der Waals surface area contributed by atoms with Crippen LogP contribution in [0.4, 0.5) is 5.82 Å². The summed E-state index contributed by atoms with van der Waals surface area (Å²) in [7, 11) is 0. The maximum absolute atomic E-state index is 12.4. The molecule has 1 N–H and O–H groups in total. The third-order valence-electron chi connectivity index (χ3n) is 2.72. The van der Waals surface area contributed by atoms with E-state index in [0.717, 1.165) is 0 Å². The first-order chi connectivity index (χ1) is 8.74. The van der Waals surface area contributed by atoms with Gasteiger partial charge in [0, 0.05) is 32.0 Å². The fourth-order valence-electron chi connectivity index (χ4n) is 1.99. The van der Waals surface area contributed by atoms with Crippen LogP contribution in [0.3, 0.4) is 0 Å². The van der Waals surface area contributed by atoms with E-state index in [-0.39, 0.29) is 5.56 Å². The van der Waals surface area contributed by atoms with Crippen LogP contribution in [-0.4, -0.2) is 33.3 Å². The van der Waals surface area contributed by atoms with Crippen molar-refractivity contribution in [3.05, 3.63) is 22.7 Å². The molecule has 0 aromatic carbocycles. The molecule has 0 unspecified atom stereocenters. The van der Waals surface area contributed by atoms with Gasteiger partial charge in [0.05, 0.1) is 5.60 Å². The van der Waals surface area contributed by atoms with Crippen molar-refractivity contribution in [2.45, 2.75) is 46.8 Å². The van der Waals surface area contributed by atoms with E-state index in [9.17, 15) is 9.90 Å². The Morgan fingerprint density at radius 3 is 2.58 bits per heavy atom. The lowest BCUT2D eigenvalue weighted by Crippen LogP contribution is -2.42. The van der Waals surface area contributed by atoms with Gasteiger partial charge >= 0.3 is 0 Å². The number of likely N-dealkylation sites (N-methyl/N-ethyl adjacent to an activating group) is 1. The van der Waals surface area contributed by atoms with Crippen LogP contribution < -0.4 is 10.5 Å². The molecule has 0 aliphatic carbocycles. The lowest BCUT2D eigenvalue weighted by Gasteiger charge is -2.28. The zero-order chi connectivity index (χ0) is 14.6. The van der Waals surface area contributed by atoms with Crippen LogP contribution in [0, 0.1) is 5.92 Å². The zero-order valence-electron chi connectivity index (χ0n) is 12.6. The summed E-state index contributed by atoms with van der Waals surface area (Å²) in [6.07, 6.45) is 3.36. The molecule has 0 aliphatic heterocycles. The summed E-state index contributed by atoms with van der Waals surface area (Å²) in [5, 5.41) is 9.91. The molecule has 0 saturated heterocycles. The Morgan fingerprint density at radius 1 is 1.47 bits per heavy atom. The summed E-state index contributed by atoms with van der Waals surface area (Å²) < 4.78 is 1.68. The average molecular weight is 267 g/mol. The number of hydrogen-bond donors (Lipinski definition) is 1. The molecule has 0 saturated carbocycles. The Kier molecular flexibility index (Phi) is 5.11. The van der Waals surface area contributed by atoms with Crippen molar-refractivity contribution in [3.8, 4) is 0 Å². The van der Waals surface area contributed by atoms with Crippen LogP contribution in [0.2, 0.25) is 0 Å². The highest BCUT2D eigenvalue weighted by molar-refractivity contribution is 5.36. The van der Waals surface area contributed by atoms with E-state index in [2.05, 4.69) is 18.8 Å². The highest BCUT2D eigenvalue weighted by Crippen LogP contribution is 2.10. The quantitative estimate of drug-likeness (QED) is 0.848. The SMILES string of the molecule is CCN(CC(C)(C)O)c1nccn(CC(C)C)c1=O. The normalized spacial score (nSPS) is 11.9. The van der Waals surface area contributed by atoms with E-state index >= 15 is 0 Å². The highest BCUT2D eigenvalue weighted by atomic mass is 16.3. The van der Waals surface area contributed by atoms with Gasteiger partial charge in [0.25, 0.3) is 5.56 Å². The van der Waals surface area contributed by atoms with E-state index in [1.165, 1.54) is 0 Å². The first-order valence-electron chi connectivity index (χ1n) is 6.77. The molecule has 0 spiro atoms. The highest BCUT2D eigenvalue weighted by Gasteiger charge is 2.21. The van der Waals surface area contributed by atoms with Gasteiger partial charge in [0.2, 0.25) is 0 Å². The molecular weight excluding hydrogens is 242 g/mol. The Bertz CT molecular complexity index is 460. The number of anilines is 1. The minimum atomic E-state index is -0.858. The molecule has 5 nitrogen and oxygen atoms in total. The maximum atomic E-state index is 12.4. The molecule has 1 heterocycles. The smallest absolute Gasteiger partial charge is 0.293 e. The third kappa shape index (κ3) is 4.67. The molecule has 0 atom stereocenters. The minimum absolute atomic E-state index is 0.0951. The zero-order valence-corrected chi connectivity index (χ0v) is 12.6. The molecule has 19 heavy (non-hydrogen) atoms. The Labute approximate surface area is 114 Å². The molecule has 0 fully saturated rings. The number of nitrogens with zero attached hydrogens (tertiary/aromatic N) is 3. The summed E-state index contributed by atoms with van der Waals surface area (Å²) in [4.78, 5) is 18.4. The molecule has 108 valence electrons. The molecular formula is C14H25N3O2. The van der Waals surface area contributed by atoms with Gasteiger partial charge in [-0.25, -0.2) is 4.98 Å². The average Bonchev–Trinajstić information content (AvgIpc) is 2.27. The van der Waals surface area contributed by atoms with Crippen LogP contribution in [0.1, 0.15) is 34.6 Å². The van der Waals surface area contributed by atoms with Crippen LogP contribution >= 0.6 is 0 Å². The Balaban J connectivity index is 3.08. The summed E-state index contributed by atoms with van der Waals surface area (Å²) >= 11 is 0. The number of aromatic nitrogens is 2. The second-order valence-electron chi connectivity index (χ2n) is 5.93. The first kappa shape index (κ1) is 15.7. The van der Waals surface area contributed by atoms with E-state index in [1.54, 1.807) is 30.8 Å². The molecule has 0 amide bonds. The molecule has 0 bridgehead atoms. The van der Waals surface area contributed by atoms with Crippen molar-refractivity contribution < 1.29 is 5.11 Å². The van der Waals surface area contributed by atoms with Crippen LogP contribution in [0.15, 0.2) is 17.2 Å². The monoisotopic (exact) mass is 267 g/mol. The maximum Gasteiger partial charge on any atom is 0.293 e. The number of hydrogen-bond acceptors (Lipinski definition) is 4. The minimum Gasteiger partial charge on any atom is -0.389 e. The van der Waals surface area contributed by atoms with Crippen LogP contribution in [-0.2, 0) is 6.54 Å². The fraction of sp³-hybridized carbons (Fsp3) is 0.714. The lowest BCUT2D eigenvalue weighted by molar-refractivity contribution is 0.0873. The predicted octanol–water partition coefficient (Wildman–Crippen LogP) is 1.50. The second-order valence-corrected chi connectivity index (χ2v) is 5.93. The Hall–Kier alpha value is -1.36. The topological polar surface area (TPSA) is 58.4 Å². The van der Waals surface area contributed by atoms with E-state index in [1.807, 2.05) is 11.8 Å². The van der Waals surface area contributed by atoms with Crippen LogP contribution in [0.25, 0.3) is 0 Å². The van der Waals surface area contributed by atoms with Gasteiger partial charge in [0.1, 0.15) is 0 Å². The van der Waals surface area contributed by atoms with Crippen molar-refractivity contribution in [2.75, 3.05) is 18.0 Å². The molecule has 0 radical (unpaired) electrons. The van der Waals surface area contributed by atoms with Crippen molar-refractivity contribution in [1.29, 1.82) is 0 Å². The summed E-state index contributed by atoms with van der Waals surface area (Å²) in [5.41, 5.74) is -0.953. The Morgan fingerprint density at radius 2 is 2.11 bits per heavy atom. The molecule has 0 aliphatic rings. The van der Waals surface area contributed by atoms with Crippen molar-refractivity contribution in [3.63, 3.8) is 0 Å². The standard InChI is InChI=1S/C14H25N3O2/c1-6-16(10-14(4,5)19)12-13(18)17(8-7-15-12)9-11(2)3/h7-8,11,19H,6,9-10H2,1-5H3. The summed E-state index contributed by atoms with van der Waals surface area (Å²) in [6, 6.07) is 0. The van der Waals surface area contributed by atoms with Gasteiger partial charge in [-0.2, -0.15) is 0 Å². The van der Waals surface area contributed by atoms with E-state index in [4.69, 9.17) is 0 Å². The molecule has 1 aromatic rings. The van der Waals surface area contributed by atoms with Crippen molar-refractivity contribution in [1.82, 2.24) is 9.55 Å². The number of aliphatic hydroxyl groups is 1. The van der Waals surface area contributed by atoms with Gasteiger partial charge < -0.3 is 14.6 Å². The summed E-state index contributed by atoms with van der Waals surface area (Å²) in [6.45, 7) is 11.2. The predicted molar refractivity (Wildman–Crippen MR) is 77.5 cm³/mol. The largest absolute Gasteiger partial charge is 0.389 e. The van der Waals surface area contributed by atoms with Gasteiger partial charge in [0.15, 0.2) is 5.82 Å². The van der Waals surface area contributed by atoms with Crippen LogP contribution in [0.5, 0.6) is 0 Å². The third-order valence-corrected chi connectivity index (χ3v) is 2.72. The van der Waals surface area contributed by atoms with Gasteiger partial charge in [-0.15, -0.1) is 0 Å². The lowest BCUT2D eigenvalue weighted by atomic mass is 10.1. The van der Waals surface area contributed by atoms with E-state index in [0.29, 0.717) is 31.4 Å². The van der Waals surface area contributed by atoms with E-state index < -0.39 is 5.60 Å². The number of rotatable bonds is 6. The first-order valence-corrected chi connectivity index (χ1v) is 6.77. The summed E-state index contributed by atoms with van der Waals surface area (Å²) in [5.74, 6) is 0.810. The fourth-order valence-corrected chi connectivity index (χ4v) is 1.99. The van der Waals surface area contributed by atoms with Crippen molar-refractivity contribution >= 4 is 5.82 Å². The van der Waals surface area contributed by atoms with Gasteiger partial charge in [-0.05, 0) is 26.7 Å². The second kappa shape index (κ2) is 6.19. The van der Waals surface area contributed by atoms with Gasteiger partial charge in [-0.1, -0.05) is 13.8 Å².